The van der Waals surface area contributed by atoms with Crippen LogP contribution < -0.4 is 10.1 Å². The number of hydrogen-bond acceptors (Lipinski definition) is 3. The molecule has 156 valence electrons. The van der Waals surface area contributed by atoms with Gasteiger partial charge in [-0.2, -0.15) is 5.10 Å². The van der Waals surface area contributed by atoms with Crippen molar-refractivity contribution in [2.75, 3.05) is 0 Å². The number of aryl methyl sites for hydroxylation is 1. The molecule has 0 spiro atoms. The molecule has 0 saturated heterocycles. The molecule has 0 aliphatic carbocycles. The van der Waals surface area contributed by atoms with Gasteiger partial charge in [0.2, 0.25) is 5.91 Å². The third-order valence-corrected chi connectivity index (χ3v) is 5.76. The van der Waals surface area contributed by atoms with Crippen LogP contribution in [0.15, 0.2) is 54.6 Å². The molecule has 0 radical (unpaired) electrons. The summed E-state index contributed by atoms with van der Waals surface area (Å²) in [7, 11) is 0. The molecule has 2 aromatic carbocycles. The van der Waals surface area contributed by atoms with Crippen LogP contribution in [0, 0.1) is 13.8 Å². The zero-order valence-corrected chi connectivity index (χ0v) is 18.1. The van der Waals surface area contributed by atoms with Gasteiger partial charge in [-0.3, -0.25) is 4.79 Å². The van der Waals surface area contributed by atoms with Crippen LogP contribution in [0.25, 0.3) is 5.69 Å². The Kier molecular flexibility index (Phi) is 5.37. The average molecular weight is 404 g/mol. The molecule has 0 fully saturated rings. The van der Waals surface area contributed by atoms with Crippen LogP contribution in [0.4, 0.5) is 0 Å². The fourth-order valence-corrected chi connectivity index (χ4v) is 4.29. The van der Waals surface area contributed by atoms with E-state index in [4.69, 9.17) is 9.84 Å². The Balaban J connectivity index is 1.46. The SMILES string of the molecule is Cc1nn(-c2ccccc2)c(C)c1CCC(=O)NC1CC(C)(C)Oc2ccccc21. The predicted molar refractivity (Wildman–Crippen MR) is 118 cm³/mol. The number of hydrogen-bond donors (Lipinski definition) is 1. The Labute approximate surface area is 178 Å². The summed E-state index contributed by atoms with van der Waals surface area (Å²) in [5, 5.41) is 7.92. The van der Waals surface area contributed by atoms with Crippen molar-refractivity contribution in [2.24, 2.45) is 0 Å². The van der Waals surface area contributed by atoms with Crippen molar-refractivity contribution >= 4 is 5.91 Å². The first-order valence-corrected chi connectivity index (χ1v) is 10.5. The Morgan fingerprint density at radius 1 is 1.13 bits per heavy atom. The fourth-order valence-electron chi connectivity index (χ4n) is 4.29. The number of amides is 1. The summed E-state index contributed by atoms with van der Waals surface area (Å²) >= 11 is 0. The predicted octanol–water partition coefficient (Wildman–Crippen LogP) is 4.84. The lowest BCUT2D eigenvalue weighted by Crippen LogP contribution is -2.41. The van der Waals surface area contributed by atoms with E-state index < -0.39 is 0 Å². The van der Waals surface area contributed by atoms with E-state index in [-0.39, 0.29) is 17.6 Å². The number of aromatic nitrogens is 2. The van der Waals surface area contributed by atoms with Crippen LogP contribution in [0.1, 0.15) is 55.2 Å². The average Bonchev–Trinajstić information content (AvgIpc) is 3.00. The summed E-state index contributed by atoms with van der Waals surface area (Å²) in [5.74, 6) is 0.911. The van der Waals surface area contributed by atoms with Crippen molar-refractivity contribution in [1.82, 2.24) is 15.1 Å². The van der Waals surface area contributed by atoms with Crippen molar-refractivity contribution in [3.63, 3.8) is 0 Å². The number of carbonyl (C=O) groups is 1. The van der Waals surface area contributed by atoms with Crippen LogP contribution >= 0.6 is 0 Å². The molecular weight excluding hydrogens is 374 g/mol. The Hall–Kier alpha value is -3.08. The number of rotatable bonds is 5. The van der Waals surface area contributed by atoms with Crippen LogP contribution in [0.3, 0.4) is 0 Å². The molecular formula is C25H29N3O2. The van der Waals surface area contributed by atoms with Crippen molar-refractivity contribution in [3.8, 4) is 11.4 Å². The topological polar surface area (TPSA) is 56.2 Å². The highest BCUT2D eigenvalue weighted by atomic mass is 16.5. The maximum Gasteiger partial charge on any atom is 0.220 e. The number of ether oxygens (including phenoxy) is 1. The normalized spacial score (nSPS) is 17.1. The first-order chi connectivity index (χ1) is 14.3. The molecule has 5 nitrogen and oxygen atoms in total. The van der Waals surface area contributed by atoms with Gasteiger partial charge < -0.3 is 10.1 Å². The van der Waals surface area contributed by atoms with Crippen molar-refractivity contribution in [3.05, 3.63) is 77.1 Å². The maximum atomic E-state index is 12.8. The van der Waals surface area contributed by atoms with Gasteiger partial charge in [0.05, 0.1) is 17.4 Å². The molecule has 2 heterocycles. The first kappa shape index (κ1) is 20.2. The highest BCUT2D eigenvalue weighted by Crippen LogP contribution is 2.39. The minimum absolute atomic E-state index is 0.0355. The van der Waals surface area contributed by atoms with Gasteiger partial charge in [-0.05, 0) is 57.9 Å². The van der Waals surface area contributed by atoms with Gasteiger partial charge in [0, 0.05) is 24.1 Å². The molecule has 3 aromatic rings. The summed E-state index contributed by atoms with van der Waals surface area (Å²) in [6, 6.07) is 18.0. The summed E-state index contributed by atoms with van der Waals surface area (Å²) < 4.78 is 8.03. The summed E-state index contributed by atoms with van der Waals surface area (Å²) in [5.41, 5.74) is 4.98. The highest BCUT2D eigenvalue weighted by Gasteiger charge is 2.34. The fraction of sp³-hybridized carbons (Fsp3) is 0.360. The molecule has 1 atom stereocenters. The third kappa shape index (κ3) is 4.11. The van der Waals surface area contributed by atoms with Crippen molar-refractivity contribution in [1.29, 1.82) is 0 Å². The second-order valence-electron chi connectivity index (χ2n) is 8.62. The van der Waals surface area contributed by atoms with Crippen LogP contribution in [-0.2, 0) is 11.2 Å². The smallest absolute Gasteiger partial charge is 0.220 e. The Morgan fingerprint density at radius 3 is 2.60 bits per heavy atom. The van der Waals surface area contributed by atoms with E-state index in [0.29, 0.717) is 12.8 Å². The molecule has 5 heteroatoms. The van der Waals surface area contributed by atoms with E-state index in [1.165, 1.54) is 0 Å². The minimum atomic E-state index is -0.309. The lowest BCUT2D eigenvalue weighted by Gasteiger charge is -2.37. The standard InChI is InChI=1S/C25H29N3O2/c1-17-20(18(2)28(27-17)19-10-6-5-7-11-19)14-15-24(29)26-22-16-25(3,4)30-23-13-9-8-12-21(22)23/h5-13,22H,14-16H2,1-4H3,(H,26,29). The number of carbonyl (C=O) groups excluding carboxylic acids is 1. The van der Waals surface area contributed by atoms with Crippen LogP contribution in [0.2, 0.25) is 0 Å². The number of nitrogens with zero attached hydrogens (tertiary/aromatic N) is 2. The Morgan fingerprint density at radius 2 is 1.83 bits per heavy atom. The van der Waals surface area contributed by atoms with Gasteiger partial charge in [0.25, 0.3) is 0 Å². The summed E-state index contributed by atoms with van der Waals surface area (Å²) in [6.07, 6.45) is 1.85. The van der Waals surface area contributed by atoms with Crippen molar-refractivity contribution < 1.29 is 9.53 Å². The van der Waals surface area contributed by atoms with Gasteiger partial charge in [-0.1, -0.05) is 36.4 Å². The second kappa shape index (κ2) is 7.98. The molecule has 4 rings (SSSR count). The largest absolute Gasteiger partial charge is 0.487 e. The monoisotopic (exact) mass is 403 g/mol. The van der Waals surface area contributed by atoms with Gasteiger partial charge in [0.1, 0.15) is 11.4 Å². The molecule has 30 heavy (non-hydrogen) atoms. The molecule has 1 aliphatic heterocycles. The number of nitrogens with one attached hydrogen (secondary N) is 1. The second-order valence-corrected chi connectivity index (χ2v) is 8.62. The van der Waals surface area contributed by atoms with E-state index in [1.54, 1.807) is 0 Å². The number of fused-ring (bicyclic) bond motifs is 1. The third-order valence-electron chi connectivity index (χ3n) is 5.76. The Bertz CT molecular complexity index is 1050. The lowest BCUT2D eigenvalue weighted by molar-refractivity contribution is -0.122. The molecule has 1 amide bonds. The zero-order chi connectivity index (χ0) is 21.3. The van der Waals surface area contributed by atoms with E-state index >= 15 is 0 Å². The number of benzene rings is 2. The first-order valence-electron chi connectivity index (χ1n) is 10.5. The van der Waals surface area contributed by atoms with E-state index in [2.05, 4.69) is 26.1 Å². The zero-order valence-electron chi connectivity index (χ0n) is 18.1. The molecule has 1 aromatic heterocycles. The van der Waals surface area contributed by atoms with Gasteiger partial charge in [-0.15, -0.1) is 0 Å². The van der Waals surface area contributed by atoms with Crippen LogP contribution in [0.5, 0.6) is 5.75 Å². The number of para-hydroxylation sites is 2. The van der Waals surface area contributed by atoms with Gasteiger partial charge in [-0.25, -0.2) is 4.68 Å². The molecule has 1 N–H and O–H groups in total. The minimum Gasteiger partial charge on any atom is -0.487 e. The quantitative estimate of drug-likeness (QED) is 0.663. The molecule has 0 bridgehead atoms. The highest BCUT2D eigenvalue weighted by molar-refractivity contribution is 5.77. The van der Waals surface area contributed by atoms with Gasteiger partial charge in [0.15, 0.2) is 0 Å². The van der Waals surface area contributed by atoms with Crippen LogP contribution in [-0.4, -0.2) is 21.3 Å². The van der Waals surface area contributed by atoms with E-state index in [0.717, 1.165) is 40.4 Å². The molecule has 0 saturated carbocycles. The summed E-state index contributed by atoms with van der Waals surface area (Å²) in [4.78, 5) is 12.8. The maximum absolute atomic E-state index is 12.8. The van der Waals surface area contributed by atoms with E-state index in [9.17, 15) is 4.79 Å². The van der Waals surface area contributed by atoms with Gasteiger partial charge >= 0.3 is 0 Å². The summed E-state index contributed by atoms with van der Waals surface area (Å²) in [6.45, 7) is 8.20. The molecule has 1 aliphatic rings. The van der Waals surface area contributed by atoms with Crippen molar-refractivity contribution in [2.45, 2.75) is 58.6 Å². The lowest BCUT2D eigenvalue weighted by atomic mass is 9.89. The van der Waals surface area contributed by atoms with E-state index in [1.807, 2.05) is 66.2 Å². The molecule has 1 unspecified atom stereocenters.